The van der Waals surface area contributed by atoms with Gasteiger partial charge < -0.3 is 0 Å². The van der Waals surface area contributed by atoms with E-state index in [1.165, 1.54) is 0 Å². The van der Waals surface area contributed by atoms with Gasteiger partial charge in [-0.3, -0.25) is 4.79 Å². The Balaban J connectivity index is 2.34. The molecule has 0 aromatic rings. The molecule has 46 valence electrons. The van der Waals surface area contributed by atoms with Gasteiger partial charge in [0, 0.05) is 13.0 Å². The zero-order chi connectivity index (χ0) is 5.98. The summed E-state index contributed by atoms with van der Waals surface area (Å²) in [5, 5.41) is 0. The number of hydrogen-bond acceptors (Lipinski definition) is 3. The van der Waals surface area contributed by atoms with Crippen LogP contribution in [0.15, 0.2) is 0 Å². The largest absolute Gasteiger partial charge is 0.298 e. The van der Waals surface area contributed by atoms with Crippen LogP contribution in [0, 0.1) is 0 Å². The molecule has 0 radical (unpaired) electrons. The van der Waals surface area contributed by atoms with Gasteiger partial charge in [0.05, 0.1) is 6.54 Å². The Labute approximate surface area is 54.4 Å². The van der Waals surface area contributed by atoms with Gasteiger partial charge in [-0.05, 0) is 6.42 Å². The van der Waals surface area contributed by atoms with Crippen molar-refractivity contribution in [3.8, 4) is 0 Å². The summed E-state index contributed by atoms with van der Waals surface area (Å²) in [5.41, 5.74) is 0. The van der Waals surface area contributed by atoms with E-state index in [2.05, 4.69) is 12.8 Å². The lowest BCUT2D eigenvalue weighted by atomic mass is 10.1. The molecule has 0 aromatic heterocycles. The Morgan fingerprint density at radius 3 is 2.75 bits per heavy atom. The number of piperidine rings is 1. The van der Waals surface area contributed by atoms with Gasteiger partial charge in [-0.15, -0.1) is 0 Å². The smallest absolute Gasteiger partial charge is 0.147 e. The summed E-state index contributed by atoms with van der Waals surface area (Å²) in [6, 6.07) is 0. The lowest BCUT2D eigenvalue weighted by molar-refractivity contribution is -0.120. The third-order valence-electron chi connectivity index (χ3n) is 1.23. The molecule has 0 unspecified atom stereocenters. The van der Waals surface area contributed by atoms with Crippen molar-refractivity contribution in [1.82, 2.24) is 4.31 Å². The van der Waals surface area contributed by atoms with E-state index in [1.54, 1.807) is 4.31 Å². The minimum Gasteiger partial charge on any atom is -0.298 e. The van der Waals surface area contributed by atoms with Crippen LogP contribution in [0.4, 0.5) is 0 Å². The van der Waals surface area contributed by atoms with E-state index in [4.69, 9.17) is 0 Å². The summed E-state index contributed by atoms with van der Waals surface area (Å²) < 4.78 is 1.76. The molecule has 1 aliphatic heterocycles. The summed E-state index contributed by atoms with van der Waals surface area (Å²) in [7, 11) is 0. The number of thiol groups is 1. The molecule has 8 heavy (non-hydrogen) atoms. The van der Waals surface area contributed by atoms with Gasteiger partial charge in [-0.1, -0.05) is 12.8 Å². The first-order valence-corrected chi connectivity index (χ1v) is 3.14. The van der Waals surface area contributed by atoms with E-state index < -0.39 is 0 Å². The molecule has 1 aliphatic rings. The fraction of sp³-hybridized carbons (Fsp3) is 0.800. The molecule has 1 rings (SSSR count). The maximum Gasteiger partial charge on any atom is 0.147 e. The first-order chi connectivity index (χ1) is 3.79. The van der Waals surface area contributed by atoms with Gasteiger partial charge in [0.1, 0.15) is 5.78 Å². The molecule has 0 atom stereocenters. The number of ketones is 1. The predicted molar refractivity (Wildman–Crippen MR) is 34.8 cm³/mol. The molecule has 1 fully saturated rings. The second-order valence-corrected chi connectivity index (χ2v) is 2.60. The first kappa shape index (κ1) is 6.11. The van der Waals surface area contributed by atoms with Crippen LogP contribution in [0.25, 0.3) is 0 Å². The maximum absolute atomic E-state index is 10.6. The van der Waals surface area contributed by atoms with Crippen LogP contribution in [-0.2, 0) is 4.79 Å². The van der Waals surface area contributed by atoms with Crippen molar-refractivity contribution >= 4 is 18.6 Å². The summed E-state index contributed by atoms with van der Waals surface area (Å²) in [5.74, 6) is 0.311. The highest BCUT2D eigenvalue weighted by atomic mass is 32.1. The second kappa shape index (κ2) is 2.51. The van der Waals surface area contributed by atoms with Crippen molar-refractivity contribution in [3.63, 3.8) is 0 Å². The topological polar surface area (TPSA) is 20.3 Å². The SMILES string of the molecule is O=C1CCCN(S)C1. The van der Waals surface area contributed by atoms with E-state index in [9.17, 15) is 4.79 Å². The average molecular weight is 131 g/mol. The summed E-state index contributed by atoms with van der Waals surface area (Å²) in [6.07, 6.45) is 1.72. The molecule has 0 saturated carbocycles. The third kappa shape index (κ3) is 1.49. The second-order valence-electron chi connectivity index (χ2n) is 2.03. The third-order valence-corrected chi connectivity index (χ3v) is 1.57. The summed E-state index contributed by atoms with van der Waals surface area (Å²) in [4.78, 5) is 10.6. The van der Waals surface area contributed by atoms with Gasteiger partial charge in [0.25, 0.3) is 0 Å². The lowest BCUT2D eigenvalue weighted by Crippen LogP contribution is -2.28. The van der Waals surface area contributed by atoms with Crippen molar-refractivity contribution in [1.29, 1.82) is 0 Å². The number of rotatable bonds is 0. The van der Waals surface area contributed by atoms with Crippen LogP contribution in [0.5, 0.6) is 0 Å². The van der Waals surface area contributed by atoms with Crippen LogP contribution in [-0.4, -0.2) is 23.2 Å². The molecule has 0 amide bonds. The van der Waals surface area contributed by atoms with Crippen LogP contribution in [0.1, 0.15) is 12.8 Å². The average Bonchev–Trinajstić information content (AvgIpc) is 1.64. The molecule has 0 bridgehead atoms. The van der Waals surface area contributed by atoms with E-state index in [1.807, 2.05) is 0 Å². The number of carbonyl (C=O) groups excluding carboxylic acids is 1. The van der Waals surface area contributed by atoms with Crippen LogP contribution >= 0.6 is 12.8 Å². The van der Waals surface area contributed by atoms with Crippen LogP contribution in [0.3, 0.4) is 0 Å². The zero-order valence-corrected chi connectivity index (χ0v) is 5.53. The van der Waals surface area contributed by atoms with E-state index in [0.29, 0.717) is 12.3 Å². The molecule has 0 aliphatic carbocycles. The monoisotopic (exact) mass is 131 g/mol. The zero-order valence-electron chi connectivity index (χ0n) is 4.63. The maximum atomic E-state index is 10.6. The highest BCUT2D eigenvalue weighted by Crippen LogP contribution is 2.06. The minimum absolute atomic E-state index is 0.311. The van der Waals surface area contributed by atoms with Crippen molar-refractivity contribution in [3.05, 3.63) is 0 Å². The van der Waals surface area contributed by atoms with E-state index >= 15 is 0 Å². The number of nitrogens with zero attached hydrogens (tertiary/aromatic N) is 1. The van der Waals surface area contributed by atoms with Crippen molar-refractivity contribution in [2.75, 3.05) is 13.1 Å². The standard InChI is InChI=1S/C5H9NOS/c7-5-2-1-3-6(8)4-5/h8H,1-4H2. The molecule has 0 aromatic carbocycles. The van der Waals surface area contributed by atoms with Crippen LogP contribution < -0.4 is 0 Å². The van der Waals surface area contributed by atoms with E-state index in [0.717, 1.165) is 19.4 Å². The number of carbonyl (C=O) groups is 1. The number of hydrogen-bond donors (Lipinski definition) is 1. The minimum atomic E-state index is 0.311. The Kier molecular flexibility index (Phi) is 1.91. The number of Topliss-reactive ketones (excluding diaryl/α,β-unsaturated/α-hetero) is 1. The Hall–Kier alpha value is -0.0200. The fourth-order valence-electron chi connectivity index (χ4n) is 0.820. The lowest BCUT2D eigenvalue weighted by Gasteiger charge is -2.18. The Morgan fingerprint density at radius 1 is 1.62 bits per heavy atom. The van der Waals surface area contributed by atoms with Crippen molar-refractivity contribution in [2.45, 2.75) is 12.8 Å². The van der Waals surface area contributed by atoms with Gasteiger partial charge >= 0.3 is 0 Å². The summed E-state index contributed by atoms with van der Waals surface area (Å²) in [6.45, 7) is 1.48. The quantitative estimate of drug-likeness (QED) is 0.483. The molecule has 3 heteroatoms. The molecular formula is C5H9NOS. The van der Waals surface area contributed by atoms with Crippen LogP contribution in [0.2, 0.25) is 0 Å². The molecule has 2 nitrogen and oxygen atoms in total. The molecule has 0 spiro atoms. The summed E-state index contributed by atoms with van der Waals surface area (Å²) >= 11 is 4.03. The normalized spacial score (nSPS) is 23.9. The molecular weight excluding hydrogens is 122 g/mol. The molecule has 0 N–H and O–H groups in total. The van der Waals surface area contributed by atoms with E-state index in [-0.39, 0.29) is 0 Å². The van der Waals surface area contributed by atoms with Crippen molar-refractivity contribution < 1.29 is 4.79 Å². The van der Waals surface area contributed by atoms with Gasteiger partial charge in [0.15, 0.2) is 0 Å². The highest BCUT2D eigenvalue weighted by Gasteiger charge is 2.12. The Bertz CT molecular complexity index is 105. The van der Waals surface area contributed by atoms with Gasteiger partial charge in [-0.2, -0.15) is 0 Å². The van der Waals surface area contributed by atoms with Gasteiger partial charge in [-0.25, -0.2) is 4.31 Å². The molecule has 1 saturated heterocycles. The Morgan fingerprint density at radius 2 is 2.38 bits per heavy atom. The van der Waals surface area contributed by atoms with Crippen molar-refractivity contribution in [2.24, 2.45) is 0 Å². The van der Waals surface area contributed by atoms with Gasteiger partial charge in [0.2, 0.25) is 0 Å². The first-order valence-electron chi connectivity index (χ1n) is 2.74. The fourth-order valence-corrected chi connectivity index (χ4v) is 1.12. The highest BCUT2D eigenvalue weighted by molar-refractivity contribution is 7.77. The molecule has 1 heterocycles. The predicted octanol–water partition coefficient (Wildman–Crippen LogP) is 0.496.